The van der Waals surface area contributed by atoms with Crippen molar-refractivity contribution in [3.63, 3.8) is 0 Å². The van der Waals surface area contributed by atoms with Crippen LogP contribution in [-0.2, 0) is 0 Å². The van der Waals surface area contributed by atoms with E-state index in [1.165, 1.54) is 17.8 Å². The average molecular weight is 267 g/mol. The molecule has 0 aliphatic carbocycles. The summed E-state index contributed by atoms with van der Waals surface area (Å²) in [5, 5.41) is 0. The van der Waals surface area contributed by atoms with Gasteiger partial charge in [0.2, 0.25) is 0 Å². The van der Waals surface area contributed by atoms with Gasteiger partial charge in [0.1, 0.15) is 0 Å². The first-order valence-corrected chi connectivity index (χ1v) is 7.37. The van der Waals surface area contributed by atoms with E-state index in [-0.39, 0.29) is 0 Å². The number of alkyl halides is 1. The molecule has 0 spiro atoms. The number of likely N-dealkylation sites (N-methyl/N-ethyl adjacent to an activating group) is 1. The maximum absolute atomic E-state index is 5.80. The predicted octanol–water partition coefficient (Wildman–Crippen LogP) is 3.60. The van der Waals surface area contributed by atoms with E-state index in [0.717, 1.165) is 31.9 Å². The first kappa shape index (κ1) is 13.5. The molecule has 0 saturated heterocycles. The van der Waals surface area contributed by atoms with Crippen LogP contribution in [0.5, 0.6) is 0 Å². The van der Waals surface area contributed by atoms with Crippen LogP contribution < -0.4 is 9.80 Å². The second-order valence-electron chi connectivity index (χ2n) is 5.27. The molecule has 0 saturated carbocycles. The van der Waals surface area contributed by atoms with Gasteiger partial charge in [-0.15, -0.1) is 11.6 Å². The minimum absolute atomic E-state index is 0.717. The SMILES string of the molecule is CC(CCCl)CCN1CCN(C)c2ccccc21. The normalized spacial score (nSPS) is 16.6. The highest BCUT2D eigenvalue weighted by Gasteiger charge is 2.19. The fourth-order valence-electron chi connectivity index (χ4n) is 2.51. The van der Waals surface area contributed by atoms with Crippen LogP contribution in [0.15, 0.2) is 24.3 Å². The minimum atomic E-state index is 0.717. The number of anilines is 2. The number of rotatable bonds is 5. The second-order valence-corrected chi connectivity index (χ2v) is 5.65. The Morgan fingerprint density at radius 1 is 1.17 bits per heavy atom. The molecule has 1 aliphatic rings. The fraction of sp³-hybridized carbons (Fsp3) is 0.600. The number of para-hydroxylation sites is 2. The molecule has 1 aliphatic heterocycles. The molecule has 1 aromatic carbocycles. The standard InChI is InChI=1S/C15H23ClN2/c1-13(7-9-16)8-10-18-12-11-17(2)14-5-3-4-6-15(14)18/h3-6,13H,7-12H2,1-2H3. The van der Waals surface area contributed by atoms with E-state index in [0.29, 0.717) is 5.92 Å². The van der Waals surface area contributed by atoms with Gasteiger partial charge in [0.05, 0.1) is 11.4 Å². The highest BCUT2D eigenvalue weighted by molar-refractivity contribution is 6.17. The third-order valence-corrected chi connectivity index (χ3v) is 4.05. The quantitative estimate of drug-likeness (QED) is 0.752. The Hall–Kier alpha value is -0.890. The number of halogens is 1. The van der Waals surface area contributed by atoms with Gasteiger partial charge in [-0.1, -0.05) is 19.1 Å². The van der Waals surface area contributed by atoms with Gasteiger partial charge in [0, 0.05) is 32.6 Å². The molecule has 1 unspecified atom stereocenters. The lowest BCUT2D eigenvalue weighted by atomic mass is 10.0. The molecule has 1 aromatic rings. The van der Waals surface area contributed by atoms with Crippen LogP contribution in [-0.4, -0.2) is 32.6 Å². The van der Waals surface area contributed by atoms with Gasteiger partial charge in [-0.3, -0.25) is 0 Å². The monoisotopic (exact) mass is 266 g/mol. The maximum atomic E-state index is 5.80. The summed E-state index contributed by atoms with van der Waals surface area (Å²) in [6.45, 7) is 5.68. The first-order valence-electron chi connectivity index (χ1n) is 6.83. The average Bonchev–Trinajstić information content (AvgIpc) is 2.39. The molecule has 0 amide bonds. The van der Waals surface area contributed by atoms with E-state index in [2.05, 4.69) is 48.0 Å². The van der Waals surface area contributed by atoms with E-state index >= 15 is 0 Å². The van der Waals surface area contributed by atoms with Crippen molar-refractivity contribution in [2.24, 2.45) is 5.92 Å². The predicted molar refractivity (Wildman–Crippen MR) is 81.0 cm³/mol. The molecular weight excluding hydrogens is 244 g/mol. The topological polar surface area (TPSA) is 6.48 Å². The van der Waals surface area contributed by atoms with Crippen molar-refractivity contribution in [3.05, 3.63) is 24.3 Å². The van der Waals surface area contributed by atoms with E-state index in [4.69, 9.17) is 11.6 Å². The summed E-state index contributed by atoms with van der Waals surface area (Å²) in [6.07, 6.45) is 2.35. The molecule has 0 fully saturated rings. The van der Waals surface area contributed by atoms with Crippen molar-refractivity contribution in [2.45, 2.75) is 19.8 Å². The van der Waals surface area contributed by atoms with Gasteiger partial charge < -0.3 is 9.80 Å². The molecule has 0 aromatic heterocycles. The highest BCUT2D eigenvalue weighted by atomic mass is 35.5. The summed E-state index contributed by atoms with van der Waals surface area (Å²) in [4.78, 5) is 4.86. The van der Waals surface area contributed by atoms with E-state index in [9.17, 15) is 0 Å². The Balaban J connectivity index is 2.00. The Morgan fingerprint density at radius 3 is 2.61 bits per heavy atom. The van der Waals surface area contributed by atoms with Gasteiger partial charge in [0.25, 0.3) is 0 Å². The minimum Gasteiger partial charge on any atom is -0.371 e. The summed E-state index contributed by atoms with van der Waals surface area (Å²) < 4.78 is 0. The van der Waals surface area contributed by atoms with E-state index in [1.54, 1.807) is 0 Å². The molecule has 18 heavy (non-hydrogen) atoms. The van der Waals surface area contributed by atoms with Gasteiger partial charge in [-0.05, 0) is 30.9 Å². The van der Waals surface area contributed by atoms with Crippen molar-refractivity contribution >= 4 is 23.0 Å². The lowest BCUT2D eigenvalue weighted by molar-refractivity contribution is 0.511. The summed E-state index contributed by atoms with van der Waals surface area (Å²) in [6, 6.07) is 8.70. The van der Waals surface area contributed by atoms with Crippen LogP contribution in [0, 0.1) is 5.92 Å². The van der Waals surface area contributed by atoms with Crippen molar-refractivity contribution in [2.75, 3.05) is 42.4 Å². The van der Waals surface area contributed by atoms with Crippen LogP contribution >= 0.6 is 11.6 Å². The van der Waals surface area contributed by atoms with Gasteiger partial charge >= 0.3 is 0 Å². The summed E-state index contributed by atoms with van der Waals surface area (Å²) >= 11 is 5.80. The third kappa shape index (κ3) is 3.11. The summed E-state index contributed by atoms with van der Waals surface area (Å²) in [5.41, 5.74) is 2.73. The molecular formula is C15H23ClN2. The van der Waals surface area contributed by atoms with Crippen LogP contribution in [0.1, 0.15) is 19.8 Å². The lowest BCUT2D eigenvalue weighted by Gasteiger charge is -2.37. The molecule has 2 rings (SSSR count). The Morgan fingerprint density at radius 2 is 1.89 bits per heavy atom. The Bertz CT molecular complexity index is 381. The second kappa shape index (κ2) is 6.33. The summed E-state index contributed by atoms with van der Waals surface area (Å²) in [7, 11) is 2.17. The lowest BCUT2D eigenvalue weighted by Crippen LogP contribution is -2.40. The van der Waals surface area contributed by atoms with Crippen molar-refractivity contribution < 1.29 is 0 Å². The fourth-order valence-corrected chi connectivity index (χ4v) is 2.88. The number of fused-ring (bicyclic) bond motifs is 1. The van der Waals surface area contributed by atoms with Crippen LogP contribution in [0.4, 0.5) is 11.4 Å². The Kier molecular flexibility index (Phi) is 4.76. The van der Waals surface area contributed by atoms with Crippen molar-refractivity contribution in [1.82, 2.24) is 0 Å². The number of hydrogen-bond donors (Lipinski definition) is 0. The zero-order valence-electron chi connectivity index (χ0n) is 11.4. The van der Waals surface area contributed by atoms with Gasteiger partial charge in [-0.2, -0.15) is 0 Å². The molecule has 0 radical (unpaired) electrons. The van der Waals surface area contributed by atoms with E-state index in [1.807, 2.05) is 0 Å². The molecule has 1 heterocycles. The smallest absolute Gasteiger partial charge is 0.0604 e. The Labute approximate surface area is 116 Å². The number of benzene rings is 1. The van der Waals surface area contributed by atoms with E-state index < -0.39 is 0 Å². The molecule has 0 N–H and O–H groups in total. The largest absolute Gasteiger partial charge is 0.371 e. The zero-order chi connectivity index (χ0) is 13.0. The molecule has 2 nitrogen and oxygen atoms in total. The molecule has 3 heteroatoms. The van der Waals surface area contributed by atoms with Gasteiger partial charge in [-0.25, -0.2) is 0 Å². The third-order valence-electron chi connectivity index (χ3n) is 3.83. The zero-order valence-corrected chi connectivity index (χ0v) is 12.2. The molecule has 0 bridgehead atoms. The van der Waals surface area contributed by atoms with Gasteiger partial charge in [0.15, 0.2) is 0 Å². The summed E-state index contributed by atoms with van der Waals surface area (Å²) in [5.74, 6) is 1.50. The van der Waals surface area contributed by atoms with Crippen molar-refractivity contribution in [3.8, 4) is 0 Å². The maximum Gasteiger partial charge on any atom is 0.0604 e. The van der Waals surface area contributed by atoms with Crippen LogP contribution in [0.25, 0.3) is 0 Å². The highest BCUT2D eigenvalue weighted by Crippen LogP contribution is 2.32. The number of hydrogen-bond acceptors (Lipinski definition) is 2. The van der Waals surface area contributed by atoms with Crippen LogP contribution in [0.3, 0.4) is 0 Å². The first-order chi connectivity index (χ1) is 8.72. The molecule has 1 atom stereocenters. The molecule has 100 valence electrons. The van der Waals surface area contributed by atoms with Crippen molar-refractivity contribution in [1.29, 1.82) is 0 Å². The number of nitrogens with zero attached hydrogens (tertiary/aromatic N) is 2. The van der Waals surface area contributed by atoms with Crippen LogP contribution in [0.2, 0.25) is 0 Å².